The molecule has 32 heavy (non-hydrogen) atoms. The molecule has 0 amide bonds. The molecule has 0 aromatic rings. The van der Waals surface area contributed by atoms with Gasteiger partial charge >= 0.3 is 0 Å². The van der Waals surface area contributed by atoms with E-state index < -0.39 is 24.4 Å². The molecule has 186 valence electrons. The van der Waals surface area contributed by atoms with Gasteiger partial charge in [-0.1, -0.05) is 41.5 Å². The van der Waals surface area contributed by atoms with Gasteiger partial charge in [-0.25, -0.2) is 0 Å². The van der Waals surface area contributed by atoms with Crippen LogP contribution in [0.5, 0.6) is 0 Å². The van der Waals surface area contributed by atoms with E-state index in [-0.39, 0.29) is 22.7 Å². The van der Waals surface area contributed by atoms with Crippen LogP contribution in [0.4, 0.5) is 0 Å². The zero-order valence-electron chi connectivity index (χ0n) is 21.4. The van der Waals surface area contributed by atoms with Crippen LogP contribution in [0.15, 0.2) is 0 Å². The van der Waals surface area contributed by atoms with Gasteiger partial charge < -0.3 is 20.4 Å². The highest BCUT2D eigenvalue weighted by Crippen LogP contribution is 2.68. The molecule has 4 heteroatoms. The molecule has 4 aliphatic carbocycles. The number of aliphatic hydroxyl groups is 4. The van der Waals surface area contributed by atoms with E-state index in [2.05, 4.69) is 41.5 Å². The minimum atomic E-state index is -0.659. The molecule has 0 bridgehead atoms. The molecular weight excluding hydrogens is 400 g/mol. The van der Waals surface area contributed by atoms with Gasteiger partial charge in [0.25, 0.3) is 0 Å². The van der Waals surface area contributed by atoms with Crippen LogP contribution in [-0.4, -0.2) is 44.8 Å². The van der Waals surface area contributed by atoms with E-state index in [4.69, 9.17) is 0 Å². The summed E-state index contributed by atoms with van der Waals surface area (Å²) >= 11 is 0. The minimum absolute atomic E-state index is 0.0940. The van der Waals surface area contributed by atoms with E-state index in [1.165, 1.54) is 32.1 Å². The molecule has 4 N–H and O–H groups in total. The number of aliphatic hydroxyl groups excluding tert-OH is 4. The molecule has 0 radical (unpaired) electrons. The van der Waals surface area contributed by atoms with Crippen LogP contribution in [0.25, 0.3) is 0 Å². The van der Waals surface area contributed by atoms with Crippen molar-refractivity contribution in [1.82, 2.24) is 0 Å². The molecule has 0 aromatic heterocycles. The summed E-state index contributed by atoms with van der Waals surface area (Å²) in [6.07, 6.45) is 6.31. The summed E-state index contributed by atoms with van der Waals surface area (Å²) in [5, 5.41) is 42.8. The maximum absolute atomic E-state index is 11.2. The van der Waals surface area contributed by atoms with Crippen molar-refractivity contribution in [3.8, 4) is 0 Å². The first kappa shape index (κ1) is 24.9. The van der Waals surface area contributed by atoms with Crippen molar-refractivity contribution in [3.05, 3.63) is 0 Å². The smallest absolute Gasteiger partial charge is 0.0830 e. The Bertz CT molecular complexity index is 666. The quantitative estimate of drug-likeness (QED) is 0.492. The van der Waals surface area contributed by atoms with Gasteiger partial charge in [0.05, 0.1) is 24.4 Å². The topological polar surface area (TPSA) is 80.9 Å². The van der Waals surface area contributed by atoms with Gasteiger partial charge in [-0.05, 0) is 110 Å². The van der Waals surface area contributed by atoms with Crippen LogP contribution >= 0.6 is 0 Å². The molecule has 0 aromatic carbocycles. The first-order chi connectivity index (χ1) is 14.9. The van der Waals surface area contributed by atoms with Crippen LogP contribution in [-0.2, 0) is 0 Å². The summed E-state index contributed by atoms with van der Waals surface area (Å²) in [6, 6.07) is 0. The van der Waals surface area contributed by atoms with Crippen molar-refractivity contribution in [2.45, 2.75) is 117 Å². The summed E-state index contributed by atoms with van der Waals surface area (Å²) in [5.41, 5.74) is 0.382. The number of hydrogen-bond acceptors (Lipinski definition) is 4. The molecule has 0 heterocycles. The average molecular weight is 451 g/mol. The highest BCUT2D eigenvalue weighted by atomic mass is 16.3. The molecule has 4 nitrogen and oxygen atoms in total. The minimum Gasteiger partial charge on any atom is -0.390 e. The molecule has 4 unspecified atom stereocenters. The SMILES string of the molecule is CC(C)[C@H](C)[C@@H](O)[C@H](O)[C@@H](C)[C@H]1CCC2C3CCC4C[C@@H](O)[C@H](O)C[C@]4(C)C3CC[C@@]21C. The third-order valence-electron chi connectivity index (χ3n) is 11.9. The lowest BCUT2D eigenvalue weighted by Crippen LogP contribution is -2.57. The number of fused-ring (bicyclic) bond motifs is 5. The summed E-state index contributed by atoms with van der Waals surface area (Å²) in [6.45, 7) is 13.4. The molecule has 0 aliphatic heterocycles. The predicted molar refractivity (Wildman–Crippen MR) is 128 cm³/mol. The van der Waals surface area contributed by atoms with E-state index in [0.29, 0.717) is 35.5 Å². The molecule has 4 aliphatic rings. The Labute approximate surface area is 196 Å². The second-order valence-corrected chi connectivity index (χ2v) is 13.4. The van der Waals surface area contributed by atoms with Crippen molar-refractivity contribution in [2.24, 2.45) is 58.2 Å². The second-order valence-electron chi connectivity index (χ2n) is 13.4. The lowest BCUT2D eigenvalue weighted by molar-refractivity contribution is -0.163. The Balaban J connectivity index is 1.52. The van der Waals surface area contributed by atoms with Crippen molar-refractivity contribution >= 4 is 0 Å². The van der Waals surface area contributed by atoms with Crippen molar-refractivity contribution < 1.29 is 20.4 Å². The largest absolute Gasteiger partial charge is 0.390 e. The van der Waals surface area contributed by atoms with Crippen molar-refractivity contribution in [2.75, 3.05) is 0 Å². The number of hydrogen-bond donors (Lipinski definition) is 4. The van der Waals surface area contributed by atoms with Crippen molar-refractivity contribution in [3.63, 3.8) is 0 Å². The van der Waals surface area contributed by atoms with Gasteiger partial charge in [-0.3, -0.25) is 0 Å². The fourth-order valence-corrected chi connectivity index (χ4v) is 9.43. The van der Waals surface area contributed by atoms with E-state index >= 15 is 0 Å². The summed E-state index contributed by atoms with van der Waals surface area (Å²) < 4.78 is 0. The van der Waals surface area contributed by atoms with Crippen LogP contribution in [0.3, 0.4) is 0 Å². The first-order valence-electron chi connectivity index (χ1n) is 13.6. The first-order valence-corrected chi connectivity index (χ1v) is 13.6. The van der Waals surface area contributed by atoms with Gasteiger partial charge in [0.15, 0.2) is 0 Å². The van der Waals surface area contributed by atoms with Gasteiger partial charge in [-0.15, -0.1) is 0 Å². The Morgan fingerprint density at radius 3 is 2.06 bits per heavy atom. The maximum atomic E-state index is 11.2. The van der Waals surface area contributed by atoms with Gasteiger partial charge in [0.2, 0.25) is 0 Å². The Hall–Kier alpha value is -0.160. The molecule has 13 atom stereocenters. The maximum Gasteiger partial charge on any atom is 0.0830 e. The fourth-order valence-electron chi connectivity index (χ4n) is 9.43. The lowest BCUT2D eigenvalue weighted by atomic mass is 9.44. The normalized spacial score (nSPS) is 50.2. The molecule has 0 saturated heterocycles. The number of rotatable bonds is 5. The van der Waals surface area contributed by atoms with Crippen LogP contribution in [0.2, 0.25) is 0 Å². The Morgan fingerprint density at radius 2 is 1.41 bits per heavy atom. The highest BCUT2D eigenvalue weighted by Gasteiger charge is 2.62. The fraction of sp³-hybridized carbons (Fsp3) is 1.00. The van der Waals surface area contributed by atoms with E-state index in [1.807, 2.05) is 0 Å². The molecule has 4 fully saturated rings. The molecule has 4 rings (SSSR count). The van der Waals surface area contributed by atoms with Crippen LogP contribution in [0, 0.1) is 58.2 Å². The van der Waals surface area contributed by atoms with E-state index in [9.17, 15) is 20.4 Å². The zero-order chi connectivity index (χ0) is 23.6. The van der Waals surface area contributed by atoms with Gasteiger partial charge in [0.1, 0.15) is 0 Å². The Kier molecular flexibility index (Phi) is 6.87. The van der Waals surface area contributed by atoms with Gasteiger partial charge in [-0.2, -0.15) is 0 Å². The monoisotopic (exact) mass is 450 g/mol. The van der Waals surface area contributed by atoms with Crippen LogP contribution in [0.1, 0.15) is 92.9 Å². The average Bonchev–Trinajstić information content (AvgIpc) is 3.09. The highest BCUT2D eigenvalue weighted by molar-refractivity contribution is 5.11. The van der Waals surface area contributed by atoms with E-state index in [1.54, 1.807) is 0 Å². The lowest BCUT2D eigenvalue weighted by Gasteiger charge is -2.61. The van der Waals surface area contributed by atoms with Crippen LogP contribution < -0.4 is 0 Å². The molecule has 4 saturated carbocycles. The van der Waals surface area contributed by atoms with Crippen molar-refractivity contribution in [1.29, 1.82) is 0 Å². The van der Waals surface area contributed by atoms with Gasteiger partial charge in [0, 0.05) is 0 Å². The third kappa shape index (κ3) is 3.80. The third-order valence-corrected chi connectivity index (χ3v) is 11.9. The zero-order valence-corrected chi connectivity index (χ0v) is 21.4. The summed E-state index contributed by atoms with van der Waals surface area (Å²) in [5.74, 6) is 3.59. The Morgan fingerprint density at radius 1 is 0.750 bits per heavy atom. The summed E-state index contributed by atoms with van der Waals surface area (Å²) in [4.78, 5) is 0. The summed E-state index contributed by atoms with van der Waals surface area (Å²) in [7, 11) is 0. The molecule has 0 spiro atoms. The second kappa shape index (κ2) is 8.81. The predicted octanol–water partition coefficient (Wildman–Crippen LogP) is 4.63. The molecular formula is C28H50O4. The standard InChI is InChI=1S/C28H50O4/c1-15(2)16(3)25(31)26(32)17(4)20-9-10-21-19-8-7-18-13-23(29)24(30)14-28(18,6)22(19)11-12-27(20,21)5/h15-26,29-32H,7-14H2,1-6H3/t16-,17-,18?,19?,20+,21?,22?,23+,24+,25+,26+,27+,28-/m0/s1. The van der Waals surface area contributed by atoms with E-state index in [0.717, 1.165) is 19.3 Å².